The molecule has 61 heavy (non-hydrogen) atoms. The highest BCUT2D eigenvalue weighted by Gasteiger charge is 2.16. The molecular weight excluding hydrogens is 737 g/mol. The molecule has 0 amide bonds. The van der Waals surface area contributed by atoms with E-state index < -0.39 is 0 Å². The average Bonchev–Trinajstić information content (AvgIpc) is 3.28. The number of rotatable bonds is 36. The Hall–Kier alpha value is -3.52. The van der Waals surface area contributed by atoms with Crippen LogP contribution in [0.1, 0.15) is 245 Å². The second kappa shape index (κ2) is 32.2. The van der Waals surface area contributed by atoms with Gasteiger partial charge in [-0.1, -0.05) is 247 Å². The maximum Gasteiger partial charge on any atom is 0.0314 e. The van der Waals surface area contributed by atoms with Crippen LogP contribution in [0.4, 0.5) is 11.4 Å². The van der Waals surface area contributed by atoms with E-state index in [1.807, 2.05) is 0 Å². The number of hydrogen-bond acceptors (Lipinski definition) is 2. The molecule has 0 aliphatic carbocycles. The van der Waals surface area contributed by atoms with E-state index in [0.29, 0.717) is 11.8 Å². The van der Waals surface area contributed by atoms with Crippen molar-refractivity contribution in [1.82, 2.24) is 0 Å². The third-order valence-electron chi connectivity index (χ3n) is 13.6. The summed E-state index contributed by atoms with van der Waals surface area (Å²) < 4.78 is 0. The second-order valence-electron chi connectivity index (χ2n) is 18.8. The van der Waals surface area contributed by atoms with Crippen LogP contribution in [0.2, 0.25) is 0 Å². The Bertz CT molecular complexity index is 1480. The molecule has 0 heterocycles. The van der Waals surface area contributed by atoms with E-state index in [4.69, 9.17) is 11.5 Å². The zero-order valence-corrected chi connectivity index (χ0v) is 39.5. The van der Waals surface area contributed by atoms with Gasteiger partial charge in [0.25, 0.3) is 0 Å². The van der Waals surface area contributed by atoms with Crippen LogP contribution in [0, 0.1) is 0 Å². The first-order valence-corrected chi connectivity index (χ1v) is 26.0. The molecule has 4 rings (SSSR count). The number of nitrogen functional groups attached to an aromatic ring is 2. The van der Waals surface area contributed by atoms with Gasteiger partial charge in [0.15, 0.2) is 0 Å². The average molecular weight is 827 g/mol. The third-order valence-corrected chi connectivity index (χ3v) is 13.6. The summed E-state index contributed by atoms with van der Waals surface area (Å²) >= 11 is 0. The largest absolute Gasteiger partial charge is 0.399 e. The van der Waals surface area contributed by atoms with Gasteiger partial charge in [0.2, 0.25) is 0 Å². The van der Waals surface area contributed by atoms with E-state index in [-0.39, 0.29) is 0 Å². The quantitative estimate of drug-likeness (QED) is 0.0354. The Morgan fingerprint density at radius 3 is 0.787 bits per heavy atom. The predicted molar refractivity (Wildman–Crippen MR) is 271 cm³/mol. The SMILES string of the molecule is CCCCCCCCCCC(c1ccc(N)cc1)c1ccc(CCCCCCCCCCCCCc2ccc(C(CCCCCCCCCC)c3ccc(N)cc3)cc2)cc1. The van der Waals surface area contributed by atoms with Gasteiger partial charge in [-0.2, -0.15) is 0 Å². The minimum Gasteiger partial charge on any atom is -0.399 e. The standard InChI is InChI=1S/C59H90N2/c1-3-5-7-9-11-20-24-28-32-58(54-42-46-56(60)47-43-54)52-38-34-50(35-39-52)30-26-22-18-16-14-13-15-17-19-23-27-31-51-36-40-53(41-37-51)59(55-44-48-57(61)49-45-55)33-29-25-21-12-10-8-6-4-2/h34-49,58-59H,3-33,60-61H2,1-2H3. The highest BCUT2D eigenvalue weighted by molar-refractivity contribution is 5.44. The summed E-state index contributed by atoms with van der Waals surface area (Å²) in [6.45, 7) is 4.60. The van der Waals surface area contributed by atoms with Gasteiger partial charge in [-0.25, -0.2) is 0 Å². The number of aryl methyl sites for hydroxylation is 2. The molecule has 336 valence electrons. The van der Waals surface area contributed by atoms with Crippen molar-refractivity contribution in [3.05, 3.63) is 130 Å². The van der Waals surface area contributed by atoms with Gasteiger partial charge in [0.1, 0.15) is 0 Å². The van der Waals surface area contributed by atoms with E-state index in [1.165, 1.54) is 232 Å². The van der Waals surface area contributed by atoms with Crippen LogP contribution in [0.25, 0.3) is 0 Å². The van der Waals surface area contributed by atoms with Gasteiger partial charge in [-0.3, -0.25) is 0 Å². The first-order chi connectivity index (χ1) is 30.1. The number of nitrogens with two attached hydrogens (primary N) is 2. The normalized spacial score (nSPS) is 12.5. The summed E-state index contributed by atoms with van der Waals surface area (Å²) in [4.78, 5) is 0. The molecule has 0 saturated carbocycles. The highest BCUT2D eigenvalue weighted by Crippen LogP contribution is 2.33. The van der Waals surface area contributed by atoms with Crippen molar-refractivity contribution in [1.29, 1.82) is 0 Å². The summed E-state index contributed by atoms with van der Waals surface area (Å²) in [5.41, 5.74) is 22.5. The molecular formula is C59H90N2. The molecule has 4 N–H and O–H groups in total. The van der Waals surface area contributed by atoms with Crippen LogP contribution < -0.4 is 11.5 Å². The van der Waals surface area contributed by atoms with Crippen LogP contribution in [-0.4, -0.2) is 0 Å². The van der Waals surface area contributed by atoms with Gasteiger partial charge in [0, 0.05) is 23.2 Å². The molecule has 0 aliphatic rings. The molecule has 4 aromatic rings. The maximum absolute atomic E-state index is 6.05. The lowest BCUT2D eigenvalue weighted by Gasteiger charge is -2.19. The van der Waals surface area contributed by atoms with E-state index in [0.717, 1.165) is 11.4 Å². The summed E-state index contributed by atoms with van der Waals surface area (Å²) in [5, 5.41) is 0. The monoisotopic (exact) mass is 827 g/mol. The molecule has 2 nitrogen and oxygen atoms in total. The number of unbranched alkanes of at least 4 members (excludes halogenated alkanes) is 24. The first kappa shape index (κ1) is 50.1. The molecule has 0 spiro atoms. The Labute approximate surface area is 376 Å². The Kier molecular flexibility index (Phi) is 26.5. The van der Waals surface area contributed by atoms with Crippen molar-refractivity contribution >= 4 is 11.4 Å². The fraction of sp³-hybridized carbons (Fsp3) is 0.593. The molecule has 0 radical (unpaired) electrons. The summed E-state index contributed by atoms with van der Waals surface area (Å²) in [6.07, 6.45) is 41.9. The van der Waals surface area contributed by atoms with Crippen LogP contribution in [0.15, 0.2) is 97.1 Å². The maximum atomic E-state index is 6.05. The van der Waals surface area contributed by atoms with E-state index in [1.54, 1.807) is 0 Å². The van der Waals surface area contributed by atoms with Crippen LogP contribution in [0.3, 0.4) is 0 Å². The van der Waals surface area contributed by atoms with Gasteiger partial charge in [0.05, 0.1) is 0 Å². The van der Waals surface area contributed by atoms with E-state index in [2.05, 4.69) is 111 Å². The van der Waals surface area contributed by atoms with Crippen molar-refractivity contribution in [2.75, 3.05) is 11.5 Å². The smallest absolute Gasteiger partial charge is 0.0314 e. The van der Waals surface area contributed by atoms with Crippen LogP contribution in [-0.2, 0) is 12.8 Å². The summed E-state index contributed by atoms with van der Waals surface area (Å²) in [7, 11) is 0. The van der Waals surface area contributed by atoms with E-state index in [9.17, 15) is 0 Å². The van der Waals surface area contributed by atoms with Crippen molar-refractivity contribution < 1.29 is 0 Å². The minimum atomic E-state index is 0.466. The van der Waals surface area contributed by atoms with Gasteiger partial charge >= 0.3 is 0 Å². The molecule has 0 aliphatic heterocycles. The van der Waals surface area contributed by atoms with Gasteiger partial charge in [-0.15, -0.1) is 0 Å². The molecule has 2 heteroatoms. The third kappa shape index (κ3) is 21.4. The zero-order valence-electron chi connectivity index (χ0n) is 39.5. The van der Waals surface area contributed by atoms with Crippen molar-refractivity contribution in [2.24, 2.45) is 0 Å². The summed E-state index contributed by atoms with van der Waals surface area (Å²) in [6, 6.07) is 36.6. The van der Waals surface area contributed by atoms with Gasteiger partial charge in [-0.05, 0) is 96.2 Å². The lowest BCUT2D eigenvalue weighted by Crippen LogP contribution is -2.02. The lowest BCUT2D eigenvalue weighted by molar-refractivity contribution is 0.545. The van der Waals surface area contributed by atoms with Crippen molar-refractivity contribution in [3.8, 4) is 0 Å². The predicted octanol–water partition coefficient (Wildman–Crippen LogP) is 18.3. The Balaban J connectivity index is 1.03. The fourth-order valence-electron chi connectivity index (χ4n) is 9.56. The van der Waals surface area contributed by atoms with Gasteiger partial charge < -0.3 is 11.5 Å². The molecule has 0 fully saturated rings. The highest BCUT2D eigenvalue weighted by atomic mass is 14.5. The van der Waals surface area contributed by atoms with Crippen LogP contribution in [0.5, 0.6) is 0 Å². The van der Waals surface area contributed by atoms with E-state index >= 15 is 0 Å². The first-order valence-electron chi connectivity index (χ1n) is 26.0. The Morgan fingerprint density at radius 2 is 0.508 bits per heavy atom. The van der Waals surface area contributed by atoms with Crippen LogP contribution >= 0.6 is 0 Å². The summed E-state index contributed by atoms with van der Waals surface area (Å²) in [5.74, 6) is 0.931. The molecule has 4 aromatic carbocycles. The molecule has 2 unspecified atom stereocenters. The Morgan fingerprint density at radius 1 is 0.279 bits per heavy atom. The zero-order chi connectivity index (χ0) is 43.0. The molecule has 0 bridgehead atoms. The second-order valence-corrected chi connectivity index (χ2v) is 18.8. The topological polar surface area (TPSA) is 52.0 Å². The lowest BCUT2D eigenvalue weighted by atomic mass is 9.86. The van der Waals surface area contributed by atoms with Crippen molar-refractivity contribution in [2.45, 2.75) is 225 Å². The van der Waals surface area contributed by atoms with Crippen molar-refractivity contribution in [3.63, 3.8) is 0 Å². The molecule has 2 atom stereocenters. The fourth-order valence-corrected chi connectivity index (χ4v) is 9.56. The number of anilines is 2. The minimum absolute atomic E-state index is 0.466. The molecule has 0 aromatic heterocycles. The molecule has 0 saturated heterocycles. The number of hydrogen-bond donors (Lipinski definition) is 2. The number of benzene rings is 4.